The maximum Gasteiger partial charge on any atom is -0.0138 e. The summed E-state index contributed by atoms with van der Waals surface area (Å²) in [5.74, 6) is 0. The van der Waals surface area contributed by atoms with Gasteiger partial charge in [-0.05, 0) is 19.8 Å². The van der Waals surface area contributed by atoms with E-state index in [1.54, 1.807) is 0 Å². The highest BCUT2D eigenvalue weighted by Crippen LogP contribution is 2.05. The summed E-state index contributed by atoms with van der Waals surface area (Å²) in [6, 6.07) is 0. The largest absolute Gasteiger partial charge is 0.0815 e. The van der Waals surface area contributed by atoms with Crippen LogP contribution in [0.3, 0.4) is 0 Å². The number of rotatable bonds is 0. The molecule has 0 radical (unpaired) electrons. The van der Waals surface area contributed by atoms with Crippen molar-refractivity contribution in [1.29, 1.82) is 0 Å². The second-order valence-electron chi connectivity index (χ2n) is 2.35. The zero-order valence-electron chi connectivity index (χ0n) is 5.80. The molecule has 0 amide bonds. The summed E-state index contributed by atoms with van der Waals surface area (Å²) in [6.07, 6.45) is 13.0. The normalized spacial score (nSPS) is 31.4. The molecule has 0 atom stereocenters. The van der Waals surface area contributed by atoms with Gasteiger partial charge < -0.3 is 0 Å². The van der Waals surface area contributed by atoms with Gasteiger partial charge in [0.2, 0.25) is 0 Å². The van der Waals surface area contributed by atoms with Crippen LogP contribution in [-0.2, 0) is 0 Å². The Morgan fingerprint density at radius 1 is 1.22 bits per heavy atom. The molecule has 0 aromatic carbocycles. The van der Waals surface area contributed by atoms with Crippen LogP contribution in [0.4, 0.5) is 0 Å². The van der Waals surface area contributed by atoms with Crippen molar-refractivity contribution >= 4 is 0 Å². The van der Waals surface area contributed by atoms with Gasteiger partial charge in [-0.15, -0.1) is 0 Å². The Balaban J connectivity index is 2.61. The third kappa shape index (κ3) is 2.31. The fraction of sp³-hybridized carbons (Fsp3) is 0.333. The fourth-order valence-electron chi connectivity index (χ4n) is 0.842. The minimum atomic E-state index is 1.09. The fourth-order valence-corrected chi connectivity index (χ4v) is 0.842. The summed E-state index contributed by atoms with van der Waals surface area (Å²) in [6.45, 7) is 2.17. The van der Waals surface area contributed by atoms with Gasteiger partial charge in [0.15, 0.2) is 0 Å². The van der Waals surface area contributed by atoms with E-state index in [0.29, 0.717) is 0 Å². The second kappa shape index (κ2) is 3.29. The number of allylic oxidation sites excluding steroid dienone is 6. The summed E-state index contributed by atoms with van der Waals surface area (Å²) in [7, 11) is 0. The lowest BCUT2D eigenvalue weighted by atomic mass is 10.1. The molecular weight excluding hydrogens is 108 g/mol. The first-order valence-corrected chi connectivity index (χ1v) is 3.37. The van der Waals surface area contributed by atoms with Crippen molar-refractivity contribution in [3.63, 3.8) is 0 Å². The molecule has 9 heavy (non-hydrogen) atoms. The standard InChI is InChI=1S/C9H12/c1-9-7-5-3-2-4-6-8-9/h2-5,8H,6-7H2,1H3/b4-2-,5-3-,9-8-. The summed E-state index contributed by atoms with van der Waals surface area (Å²) in [5.41, 5.74) is 1.47. The van der Waals surface area contributed by atoms with E-state index in [1.807, 2.05) is 0 Å². The van der Waals surface area contributed by atoms with Crippen LogP contribution in [0.15, 0.2) is 36.0 Å². The van der Waals surface area contributed by atoms with Crippen LogP contribution in [0.5, 0.6) is 0 Å². The summed E-state index contributed by atoms with van der Waals surface area (Å²) < 4.78 is 0. The Morgan fingerprint density at radius 2 is 2.00 bits per heavy atom. The zero-order valence-corrected chi connectivity index (χ0v) is 5.80. The van der Waals surface area contributed by atoms with Gasteiger partial charge in [0.1, 0.15) is 0 Å². The van der Waals surface area contributed by atoms with E-state index in [1.165, 1.54) is 5.57 Å². The van der Waals surface area contributed by atoms with Gasteiger partial charge in [-0.2, -0.15) is 0 Å². The number of hydrogen-bond donors (Lipinski definition) is 0. The van der Waals surface area contributed by atoms with Crippen LogP contribution >= 0.6 is 0 Å². The van der Waals surface area contributed by atoms with Gasteiger partial charge >= 0.3 is 0 Å². The van der Waals surface area contributed by atoms with Crippen LogP contribution in [0.1, 0.15) is 19.8 Å². The first-order valence-electron chi connectivity index (χ1n) is 3.37. The van der Waals surface area contributed by atoms with Crippen molar-refractivity contribution in [2.24, 2.45) is 0 Å². The molecule has 0 heteroatoms. The van der Waals surface area contributed by atoms with Crippen LogP contribution in [0, 0.1) is 0 Å². The molecule has 0 aromatic heterocycles. The molecule has 1 aliphatic carbocycles. The molecule has 0 heterocycles. The highest BCUT2D eigenvalue weighted by atomic mass is 13.9. The lowest BCUT2D eigenvalue weighted by molar-refractivity contribution is 1.16. The van der Waals surface area contributed by atoms with Gasteiger partial charge in [-0.3, -0.25) is 0 Å². The molecule has 0 aromatic rings. The topological polar surface area (TPSA) is 0 Å². The van der Waals surface area contributed by atoms with Gasteiger partial charge in [0.05, 0.1) is 0 Å². The monoisotopic (exact) mass is 120 g/mol. The van der Waals surface area contributed by atoms with Crippen molar-refractivity contribution in [3.8, 4) is 0 Å². The Labute approximate surface area is 56.6 Å². The van der Waals surface area contributed by atoms with Gasteiger partial charge in [0, 0.05) is 0 Å². The first kappa shape index (κ1) is 6.34. The smallest absolute Gasteiger partial charge is 0.0138 e. The van der Waals surface area contributed by atoms with Crippen LogP contribution in [0.25, 0.3) is 0 Å². The van der Waals surface area contributed by atoms with E-state index in [2.05, 4.69) is 37.3 Å². The average molecular weight is 120 g/mol. The molecule has 1 rings (SSSR count). The Kier molecular flexibility index (Phi) is 2.32. The van der Waals surface area contributed by atoms with E-state index in [-0.39, 0.29) is 0 Å². The highest BCUT2D eigenvalue weighted by Gasteiger charge is 1.84. The molecule has 0 aliphatic heterocycles. The summed E-state index contributed by atoms with van der Waals surface area (Å²) in [5, 5.41) is 0. The minimum absolute atomic E-state index is 1.09. The van der Waals surface area contributed by atoms with Crippen molar-refractivity contribution in [2.45, 2.75) is 19.8 Å². The predicted molar refractivity (Wildman–Crippen MR) is 41.3 cm³/mol. The van der Waals surface area contributed by atoms with Crippen molar-refractivity contribution in [2.75, 3.05) is 0 Å². The Bertz CT molecular complexity index is 159. The Morgan fingerprint density at radius 3 is 2.89 bits per heavy atom. The van der Waals surface area contributed by atoms with Gasteiger partial charge in [-0.25, -0.2) is 0 Å². The maximum atomic E-state index is 2.26. The van der Waals surface area contributed by atoms with Crippen molar-refractivity contribution in [3.05, 3.63) is 36.0 Å². The summed E-state index contributed by atoms with van der Waals surface area (Å²) >= 11 is 0. The molecule has 0 unspecified atom stereocenters. The molecule has 0 saturated heterocycles. The lowest BCUT2D eigenvalue weighted by Crippen LogP contribution is -1.74. The van der Waals surface area contributed by atoms with Crippen LogP contribution in [-0.4, -0.2) is 0 Å². The molecule has 0 fully saturated rings. The Hall–Kier alpha value is -0.780. The SMILES string of the molecule is C/C1=C/C/C=C\C=C/C1. The number of hydrogen-bond acceptors (Lipinski definition) is 0. The second-order valence-corrected chi connectivity index (χ2v) is 2.35. The molecule has 1 aliphatic rings. The molecular formula is C9H12. The minimum Gasteiger partial charge on any atom is -0.0815 e. The molecule has 0 spiro atoms. The third-order valence-electron chi connectivity index (χ3n) is 1.43. The van der Waals surface area contributed by atoms with E-state index < -0.39 is 0 Å². The molecule has 0 saturated carbocycles. The third-order valence-corrected chi connectivity index (χ3v) is 1.43. The van der Waals surface area contributed by atoms with E-state index in [4.69, 9.17) is 0 Å². The first-order chi connectivity index (χ1) is 4.39. The van der Waals surface area contributed by atoms with Crippen LogP contribution in [0.2, 0.25) is 0 Å². The lowest BCUT2D eigenvalue weighted by Gasteiger charge is -1.95. The van der Waals surface area contributed by atoms with E-state index >= 15 is 0 Å². The van der Waals surface area contributed by atoms with E-state index in [0.717, 1.165) is 12.8 Å². The van der Waals surface area contributed by atoms with Crippen molar-refractivity contribution < 1.29 is 0 Å². The quantitative estimate of drug-likeness (QED) is 0.431. The zero-order chi connectivity index (χ0) is 6.53. The van der Waals surface area contributed by atoms with Gasteiger partial charge in [-0.1, -0.05) is 36.0 Å². The average Bonchev–Trinajstić information content (AvgIpc) is 1.79. The maximum absolute atomic E-state index is 2.26. The molecule has 0 nitrogen and oxygen atoms in total. The predicted octanol–water partition coefficient (Wildman–Crippen LogP) is 2.84. The highest BCUT2D eigenvalue weighted by molar-refractivity contribution is 5.14. The van der Waals surface area contributed by atoms with Crippen LogP contribution < -0.4 is 0 Å². The molecule has 0 N–H and O–H groups in total. The molecule has 48 valence electrons. The summed E-state index contributed by atoms with van der Waals surface area (Å²) in [4.78, 5) is 0. The van der Waals surface area contributed by atoms with Crippen molar-refractivity contribution in [1.82, 2.24) is 0 Å². The molecule has 0 bridgehead atoms. The van der Waals surface area contributed by atoms with Gasteiger partial charge in [0.25, 0.3) is 0 Å². The van der Waals surface area contributed by atoms with E-state index in [9.17, 15) is 0 Å².